The number of aromatic nitrogens is 1. The lowest BCUT2D eigenvalue weighted by molar-refractivity contribution is -0.142. The normalized spacial score (nSPS) is 11.8. The smallest absolute Gasteiger partial charge is 0.467 e. The van der Waals surface area contributed by atoms with E-state index < -0.39 is 30.9 Å². The van der Waals surface area contributed by atoms with Crippen LogP contribution >= 0.6 is 23.2 Å². The topological polar surface area (TPSA) is 109 Å². The molecule has 0 unspecified atom stereocenters. The highest BCUT2D eigenvalue weighted by Crippen LogP contribution is 2.25. The molecule has 1 aromatic heterocycles. The maximum atomic E-state index is 13.9. The van der Waals surface area contributed by atoms with Crippen molar-refractivity contribution >= 4 is 58.6 Å². The second kappa shape index (κ2) is 9.61. The van der Waals surface area contributed by atoms with Crippen LogP contribution in [0.15, 0.2) is 42.6 Å². The zero-order valence-electron chi connectivity index (χ0n) is 16.1. The van der Waals surface area contributed by atoms with E-state index in [0.717, 1.165) is 19.4 Å². The van der Waals surface area contributed by atoms with Crippen LogP contribution in [0.3, 0.4) is 0 Å². The molecule has 31 heavy (non-hydrogen) atoms. The summed E-state index contributed by atoms with van der Waals surface area (Å²) in [6, 6.07) is 7.42. The summed E-state index contributed by atoms with van der Waals surface area (Å²) < 4.78 is 18.6. The average Bonchev–Trinajstić information content (AvgIpc) is 2.72. The van der Waals surface area contributed by atoms with Gasteiger partial charge < -0.3 is 20.1 Å². The van der Waals surface area contributed by atoms with Gasteiger partial charge in [0.1, 0.15) is 11.9 Å². The van der Waals surface area contributed by atoms with Crippen molar-refractivity contribution in [3.8, 4) is 0 Å². The van der Waals surface area contributed by atoms with Gasteiger partial charge in [0.05, 0.1) is 34.4 Å². The Labute approximate surface area is 186 Å². The lowest BCUT2D eigenvalue weighted by Gasteiger charge is -2.19. The molecular weight excluding hydrogens is 449 g/mol. The van der Waals surface area contributed by atoms with E-state index >= 15 is 0 Å². The maximum absolute atomic E-state index is 13.9. The number of amides is 1. The number of ether oxygens (including phenoxy) is 1. The van der Waals surface area contributed by atoms with E-state index in [1.165, 1.54) is 24.3 Å². The molecule has 1 atom stereocenters. The van der Waals surface area contributed by atoms with Crippen LogP contribution in [0.25, 0.3) is 10.9 Å². The quantitative estimate of drug-likeness (QED) is 0.379. The summed E-state index contributed by atoms with van der Waals surface area (Å²) in [6.07, 6.45) is 0.848. The molecule has 7 nitrogen and oxygen atoms in total. The van der Waals surface area contributed by atoms with Crippen molar-refractivity contribution in [1.29, 1.82) is 0 Å². The highest BCUT2D eigenvalue weighted by Gasteiger charge is 2.27. The minimum Gasteiger partial charge on any atom is -0.467 e. The van der Waals surface area contributed by atoms with Crippen molar-refractivity contribution in [3.05, 3.63) is 69.6 Å². The Balaban J connectivity index is 1.99. The third-order valence-electron chi connectivity index (χ3n) is 4.62. The van der Waals surface area contributed by atoms with E-state index in [1.807, 2.05) is 0 Å². The van der Waals surface area contributed by atoms with Crippen LogP contribution in [0, 0.1) is 5.82 Å². The molecule has 0 spiro atoms. The van der Waals surface area contributed by atoms with Gasteiger partial charge in [-0.25, -0.2) is 9.18 Å². The van der Waals surface area contributed by atoms with Gasteiger partial charge in [-0.05, 0) is 23.8 Å². The number of nitrogens with zero attached hydrogens (tertiary/aromatic N) is 1. The molecule has 0 bridgehead atoms. The first-order valence-electron chi connectivity index (χ1n) is 8.98. The lowest BCUT2D eigenvalue weighted by atomic mass is 9.77. The minimum atomic E-state index is -1.83. The molecule has 3 rings (SSSR count). The molecule has 1 amide bonds. The van der Waals surface area contributed by atoms with Gasteiger partial charge in [0.2, 0.25) is 0 Å². The maximum Gasteiger partial charge on any atom is 0.490 e. The Morgan fingerprint density at radius 1 is 1.23 bits per heavy atom. The van der Waals surface area contributed by atoms with E-state index in [2.05, 4.69) is 10.3 Å². The third kappa shape index (κ3) is 4.96. The average molecular weight is 465 g/mol. The first kappa shape index (κ1) is 23.0. The Morgan fingerprint density at radius 3 is 2.52 bits per heavy atom. The molecule has 11 heteroatoms. The fourth-order valence-electron chi connectivity index (χ4n) is 3.16. The summed E-state index contributed by atoms with van der Waals surface area (Å²) >= 11 is 12.1. The fourth-order valence-corrected chi connectivity index (χ4v) is 3.73. The van der Waals surface area contributed by atoms with Crippen LogP contribution in [0.2, 0.25) is 10.0 Å². The van der Waals surface area contributed by atoms with Crippen molar-refractivity contribution in [3.63, 3.8) is 0 Å². The zero-order chi connectivity index (χ0) is 22.7. The summed E-state index contributed by atoms with van der Waals surface area (Å²) in [5.74, 6) is -2.10. The minimum absolute atomic E-state index is 0.00365. The van der Waals surface area contributed by atoms with Crippen molar-refractivity contribution in [2.45, 2.75) is 12.5 Å². The number of benzene rings is 2. The number of carbonyl (C=O) groups is 2. The first-order chi connectivity index (χ1) is 14.7. The molecule has 0 aliphatic rings. The van der Waals surface area contributed by atoms with Crippen LogP contribution in [0.5, 0.6) is 0 Å². The second-order valence-electron chi connectivity index (χ2n) is 6.59. The van der Waals surface area contributed by atoms with Gasteiger partial charge in [-0.15, -0.1) is 0 Å². The summed E-state index contributed by atoms with van der Waals surface area (Å²) in [5, 5.41) is 22.1. The predicted molar refractivity (Wildman–Crippen MR) is 115 cm³/mol. The van der Waals surface area contributed by atoms with Gasteiger partial charge in [-0.1, -0.05) is 41.4 Å². The molecule has 3 N–H and O–H groups in total. The highest BCUT2D eigenvalue weighted by atomic mass is 35.5. The molecule has 0 aliphatic carbocycles. The molecule has 0 saturated heterocycles. The number of hydrogen-bond acceptors (Lipinski definition) is 6. The molecule has 0 saturated carbocycles. The Bertz CT molecular complexity index is 1140. The summed E-state index contributed by atoms with van der Waals surface area (Å²) in [5.41, 5.74) is 0.640. The van der Waals surface area contributed by atoms with Gasteiger partial charge in [-0.3, -0.25) is 9.78 Å². The SMILES string of the molecule is COC(=O)[C@H](Cc1ccc(B(O)O)c2ncc(F)cc12)NC(=O)c1c(Cl)cccc1Cl. The van der Waals surface area contributed by atoms with Crippen LogP contribution < -0.4 is 10.8 Å². The largest absolute Gasteiger partial charge is 0.490 e. The molecule has 3 aromatic rings. The van der Waals surface area contributed by atoms with Crippen molar-refractivity contribution in [2.75, 3.05) is 7.11 Å². The first-order valence-corrected chi connectivity index (χ1v) is 9.74. The van der Waals surface area contributed by atoms with Crippen LogP contribution in [-0.4, -0.2) is 47.2 Å². The Morgan fingerprint density at radius 2 is 1.90 bits per heavy atom. The van der Waals surface area contributed by atoms with E-state index in [0.29, 0.717) is 5.56 Å². The molecule has 0 fully saturated rings. The molecule has 0 aliphatic heterocycles. The fraction of sp³-hybridized carbons (Fsp3) is 0.150. The number of fused-ring (bicyclic) bond motifs is 1. The zero-order valence-corrected chi connectivity index (χ0v) is 17.6. The Hall–Kier alpha value is -2.72. The lowest BCUT2D eigenvalue weighted by Crippen LogP contribution is -2.43. The number of nitrogens with one attached hydrogen (secondary N) is 1. The number of carbonyl (C=O) groups excluding carboxylic acids is 2. The molecule has 2 aromatic carbocycles. The van der Waals surface area contributed by atoms with Crippen LogP contribution in [-0.2, 0) is 16.0 Å². The monoisotopic (exact) mass is 464 g/mol. The van der Waals surface area contributed by atoms with Crippen molar-refractivity contribution in [2.24, 2.45) is 0 Å². The number of methoxy groups -OCH3 is 1. The predicted octanol–water partition coefficient (Wildman–Crippen LogP) is 1.87. The number of pyridine rings is 1. The van der Waals surface area contributed by atoms with Gasteiger partial charge in [-0.2, -0.15) is 0 Å². The molecule has 1 heterocycles. The Kier molecular flexibility index (Phi) is 7.12. The van der Waals surface area contributed by atoms with Gasteiger partial charge in [0.15, 0.2) is 0 Å². The summed E-state index contributed by atoms with van der Waals surface area (Å²) in [6.45, 7) is 0. The van der Waals surface area contributed by atoms with E-state index in [1.54, 1.807) is 6.07 Å². The molecular formula is C20H16BCl2FN2O5. The van der Waals surface area contributed by atoms with Crippen LogP contribution in [0.4, 0.5) is 4.39 Å². The van der Waals surface area contributed by atoms with Crippen molar-refractivity contribution in [1.82, 2.24) is 10.3 Å². The van der Waals surface area contributed by atoms with E-state index in [-0.39, 0.29) is 38.4 Å². The van der Waals surface area contributed by atoms with Crippen molar-refractivity contribution < 1.29 is 28.8 Å². The van der Waals surface area contributed by atoms with E-state index in [9.17, 15) is 24.0 Å². The third-order valence-corrected chi connectivity index (χ3v) is 5.25. The number of hydrogen-bond donors (Lipinski definition) is 3. The summed E-state index contributed by atoms with van der Waals surface area (Å²) in [7, 11) is -0.665. The second-order valence-corrected chi connectivity index (χ2v) is 7.40. The van der Waals surface area contributed by atoms with Crippen LogP contribution in [0.1, 0.15) is 15.9 Å². The molecule has 160 valence electrons. The number of halogens is 3. The van der Waals surface area contributed by atoms with Gasteiger partial charge in [0, 0.05) is 17.3 Å². The van der Waals surface area contributed by atoms with Gasteiger partial charge in [0.25, 0.3) is 5.91 Å². The molecule has 0 radical (unpaired) electrons. The van der Waals surface area contributed by atoms with E-state index in [4.69, 9.17) is 27.9 Å². The number of esters is 1. The number of rotatable bonds is 6. The highest BCUT2D eigenvalue weighted by molar-refractivity contribution is 6.61. The standard InChI is InChI=1S/C20H16BCl2FN2O5/c1-31-20(28)16(26-19(27)17-14(22)3-2-4-15(17)23)7-10-5-6-13(21(29)30)18-12(10)8-11(24)9-25-18/h2-6,8-9,16,29-30H,7H2,1H3,(H,26,27)/t16-/m0/s1. The summed E-state index contributed by atoms with van der Waals surface area (Å²) in [4.78, 5) is 29.0. The van der Waals surface area contributed by atoms with Gasteiger partial charge >= 0.3 is 13.1 Å².